The molecule has 0 unspecified atom stereocenters. The van der Waals surface area contributed by atoms with E-state index in [-0.39, 0.29) is 13.2 Å². The van der Waals surface area contributed by atoms with E-state index in [1.54, 1.807) is 0 Å². The van der Waals surface area contributed by atoms with Gasteiger partial charge in [-0.15, -0.1) is 0 Å². The molecule has 2 aromatic carbocycles. The first-order valence-electron chi connectivity index (χ1n) is 12.0. The molecule has 0 radical (unpaired) electrons. The molecule has 0 aliphatic rings. The molecule has 0 fully saturated rings. The molecule has 0 heterocycles. The van der Waals surface area contributed by atoms with Gasteiger partial charge in [0.2, 0.25) is 0 Å². The Hall–Kier alpha value is -2.24. The second-order valence-electron chi connectivity index (χ2n) is 7.49. The molecule has 0 aliphatic carbocycles. The SMILES string of the molecule is OCCOCCOCCOc1ccc(CNCc2ccc(OCCOCCOCCO)cc2)cc1. The highest BCUT2D eigenvalue weighted by atomic mass is 16.6. The monoisotopic (exact) mass is 493 g/mol. The van der Waals surface area contributed by atoms with Crippen LogP contribution in [-0.2, 0) is 32.0 Å². The van der Waals surface area contributed by atoms with Gasteiger partial charge in [-0.25, -0.2) is 0 Å². The Kier molecular flexibility index (Phi) is 16.6. The predicted octanol–water partition coefficient (Wildman–Crippen LogP) is 1.79. The van der Waals surface area contributed by atoms with Crippen molar-refractivity contribution in [1.82, 2.24) is 5.32 Å². The zero-order chi connectivity index (χ0) is 24.8. The summed E-state index contributed by atoms with van der Waals surface area (Å²) in [6, 6.07) is 16.0. The number of hydrogen-bond donors (Lipinski definition) is 3. The highest BCUT2D eigenvalue weighted by Crippen LogP contribution is 2.14. The summed E-state index contributed by atoms with van der Waals surface area (Å²) in [5, 5.41) is 20.7. The lowest BCUT2D eigenvalue weighted by molar-refractivity contribution is 0.0247. The number of aliphatic hydroxyl groups is 2. The minimum Gasteiger partial charge on any atom is -0.491 e. The molecule has 0 spiro atoms. The Balaban J connectivity index is 1.51. The zero-order valence-electron chi connectivity index (χ0n) is 20.4. The Labute approximate surface area is 207 Å². The molecule has 3 N–H and O–H groups in total. The van der Waals surface area contributed by atoms with E-state index < -0.39 is 0 Å². The number of aliphatic hydroxyl groups excluding tert-OH is 2. The lowest BCUT2D eigenvalue weighted by Gasteiger charge is -2.10. The van der Waals surface area contributed by atoms with Gasteiger partial charge in [0.15, 0.2) is 0 Å². The van der Waals surface area contributed by atoms with Crippen LogP contribution in [0.4, 0.5) is 0 Å². The molecule has 0 atom stereocenters. The van der Waals surface area contributed by atoms with Gasteiger partial charge in [-0.3, -0.25) is 0 Å². The molecular weight excluding hydrogens is 454 g/mol. The van der Waals surface area contributed by atoms with E-state index >= 15 is 0 Å². The first-order valence-corrected chi connectivity index (χ1v) is 12.0. The van der Waals surface area contributed by atoms with E-state index in [4.69, 9.17) is 38.6 Å². The highest BCUT2D eigenvalue weighted by Gasteiger charge is 1.99. The van der Waals surface area contributed by atoms with E-state index in [2.05, 4.69) is 5.32 Å². The lowest BCUT2D eigenvalue weighted by Crippen LogP contribution is -2.13. The fraction of sp³-hybridized carbons (Fsp3) is 0.538. The summed E-state index contributed by atoms with van der Waals surface area (Å²) in [4.78, 5) is 0. The topological polar surface area (TPSA) is 108 Å². The summed E-state index contributed by atoms with van der Waals surface area (Å²) >= 11 is 0. The zero-order valence-corrected chi connectivity index (χ0v) is 20.4. The minimum atomic E-state index is 0.0276. The first-order chi connectivity index (χ1) is 17.3. The van der Waals surface area contributed by atoms with Crippen LogP contribution in [0.1, 0.15) is 11.1 Å². The maximum atomic E-state index is 8.62. The van der Waals surface area contributed by atoms with E-state index in [9.17, 15) is 0 Å². The van der Waals surface area contributed by atoms with Crippen molar-refractivity contribution < 1.29 is 38.6 Å². The predicted molar refractivity (Wildman–Crippen MR) is 132 cm³/mol. The second-order valence-corrected chi connectivity index (χ2v) is 7.49. The molecular formula is C26H39NO8. The van der Waals surface area contributed by atoms with Crippen LogP contribution in [0.15, 0.2) is 48.5 Å². The van der Waals surface area contributed by atoms with Crippen molar-refractivity contribution >= 4 is 0 Å². The van der Waals surface area contributed by atoms with E-state index in [1.807, 2.05) is 48.5 Å². The number of ether oxygens (including phenoxy) is 6. The third-order valence-corrected chi connectivity index (χ3v) is 4.71. The molecule has 196 valence electrons. The van der Waals surface area contributed by atoms with Crippen LogP contribution in [-0.4, -0.2) is 89.5 Å². The molecule has 0 saturated carbocycles. The maximum absolute atomic E-state index is 8.62. The van der Waals surface area contributed by atoms with Gasteiger partial charge >= 0.3 is 0 Å². The molecule has 35 heavy (non-hydrogen) atoms. The largest absolute Gasteiger partial charge is 0.491 e. The van der Waals surface area contributed by atoms with Gasteiger partial charge in [-0.05, 0) is 35.4 Å². The molecule has 2 aromatic rings. The molecule has 0 amide bonds. The first kappa shape index (κ1) is 29.0. The van der Waals surface area contributed by atoms with Gasteiger partial charge < -0.3 is 44.0 Å². The van der Waals surface area contributed by atoms with Crippen LogP contribution < -0.4 is 14.8 Å². The molecule has 0 aliphatic heterocycles. The Bertz CT molecular complexity index is 679. The van der Waals surface area contributed by atoms with Gasteiger partial charge in [0.25, 0.3) is 0 Å². The van der Waals surface area contributed by atoms with Gasteiger partial charge in [0, 0.05) is 13.1 Å². The van der Waals surface area contributed by atoms with Crippen molar-refractivity contribution in [2.24, 2.45) is 0 Å². The molecule has 2 rings (SSSR count). The summed E-state index contributed by atoms with van der Waals surface area (Å²) in [6.07, 6.45) is 0. The highest BCUT2D eigenvalue weighted by molar-refractivity contribution is 5.28. The molecule has 0 saturated heterocycles. The smallest absolute Gasteiger partial charge is 0.119 e. The van der Waals surface area contributed by atoms with Crippen LogP contribution in [0.25, 0.3) is 0 Å². The van der Waals surface area contributed by atoms with Gasteiger partial charge in [0.1, 0.15) is 24.7 Å². The van der Waals surface area contributed by atoms with Crippen LogP contribution in [0.3, 0.4) is 0 Å². The third-order valence-electron chi connectivity index (χ3n) is 4.71. The molecule has 9 nitrogen and oxygen atoms in total. The Morgan fingerprint density at radius 2 is 0.800 bits per heavy atom. The van der Waals surface area contributed by atoms with Crippen LogP contribution in [0.2, 0.25) is 0 Å². The van der Waals surface area contributed by atoms with Gasteiger partial charge in [0.05, 0.1) is 66.1 Å². The number of rotatable bonds is 22. The summed E-state index contributed by atoms with van der Waals surface area (Å²) in [6.45, 7) is 6.10. The van der Waals surface area contributed by atoms with Crippen molar-refractivity contribution in [3.8, 4) is 11.5 Å². The minimum absolute atomic E-state index is 0.0276. The van der Waals surface area contributed by atoms with E-state index in [0.717, 1.165) is 24.6 Å². The lowest BCUT2D eigenvalue weighted by atomic mass is 10.2. The molecule has 0 bridgehead atoms. The standard InChI is InChI=1S/C26H39NO8/c28-9-11-30-13-15-32-17-19-34-25-5-1-23(2-6-25)21-27-22-24-3-7-26(8-4-24)35-20-18-33-16-14-31-12-10-29/h1-8,27-29H,9-22H2. The average molecular weight is 494 g/mol. The fourth-order valence-corrected chi connectivity index (χ4v) is 2.97. The van der Waals surface area contributed by atoms with Crippen molar-refractivity contribution in [3.63, 3.8) is 0 Å². The van der Waals surface area contributed by atoms with Gasteiger partial charge in [-0.2, -0.15) is 0 Å². The third kappa shape index (κ3) is 14.7. The summed E-state index contributed by atoms with van der Waals surface area (Å²) < 4.78 is 32.4. The summed E-state index contributed by atoms with van der Waals surface area (Å²) in [5.41, 5.74) is 2.35. The van der Waals surface area contributed by atoms with Crippen molar-refractivity contribution in [2.45, 2.75) is 13.1 Å². The summed E-state index contributed by atoms with van der Waals surface area (Å²) in [7, 11) is 0. The number of hydrogen-bond acceptors (Lipinski definition) is 9. The molecule has 0 aromatic heterocycles. The number of nitrogens with one attached hydrogen (secondary N) is 1. The normalized spacial score (nSPS) is 11.0. The number of benzene rings is 2. The van der Waals surface area contributed by atoms with Crippen LogP contribution >= 0.6 is 0 Å². The van der Waals surface area contributed by atoms with Crippen molar-refractivity contribution in [1.29, 1.82) is 0 Å². The maximum Gasteiger partial charge on any atom is 0.119 e. The van der Waals surface area contributed by atoms with Crippen molar-refractivity contribution in [2.75, 3.05) is 79.3 Å². The van der Waals surface area contributed by atoms with Crippen LogP contribution in [0.5, 0.6) is 11.5 Å². The van der Waals surface area contributed by atoms with E-state index in [0.29, 0.717) is 66.1 Å². The van der Waals surface area contributed by atoms with Gasteiger partial charge in [-0.1, -0.05) is 24.3 Å². The van der Waals surface area contributed by atoms with Crippen LogP contribution in [0, 0.1) is 0 Å². The van der Waals surface area contributed by atoms with E-state index in [1.165, 1.54) is 11.1 Å². The Morgan fingerprint density at radius 3 is 1.17 bits per heavy atom. The Morgan fingerprint density at radius 1 is 0.457 bits per heavy atom. The van der Waals surface area contributed by atoms with Crippen molar-refractivity contribution in [3.05, 3.63) is 59.7 Å². The molecule has 9 heteroatoms. The summed E-state index contributed by atoms with van der Waals surface area (Å²) in [5.74, 6) is 1.62. The average Bonchev–Trinajstić information content (AvgIpc) is 2.89. The second kappa shape index (κ2) is 20.0. The quantitative estimate of drug-likeness (QED) is 0.212. The fourth-order valence-electron chi connectivity index (χ4n) is 2.97.